The number of hydrogen-bond acceptors (Lipinski definition) is 11. The molecule has 49 heavy (non-hydrogen) atoms. The zero-order valence-electron chi connectivity index (χ0n) is 26.8. The van der Waals surface area contributed by atoms with Gasteiger partial charge < -0.3 is 63.4 Å². The van der Waals surface area contributed by atoms with E-state index in [4.69, 9.17) is 22.3 Å². The number of guanidine groups is 1. The highest BCUT2D eigenvalue weighted by molar-refractivity contribution is 5.97. The smallest absolute Gasteiger partial charge is 0.326 e. The number of carbonyl (C=O) groups excluding carboxylic acids is 5. The molecule has 6 atom stereocenters. The van der Waals surface area contributed by atoms with Gasteiger partial charge in [-0.15, -0.1) is 0 Å². The number of aliphatic carboxylic acids is 3. The average molecular weight is 700 g/mol. The summed E-state index contributed by atoms with van der Waals surface area (Å²) >= 11 is 0. The second kappa shape index (κ2) is 19.1. The number of aliphatic hydroxyl groups is 1. The van der Waals surface area contributed by atoms with E-state index >= 15 is 0 Å². The van der Waals surface area contributed by atoms with Crippen LogP contribution in [0.1, 0.15) is 57.8 Å². The number of aliphatic imine (C=N–C) groups is 1. The molecule has 0 bridgehead atoms. The van der Waals surface area contributed by atoms with Gasteiger partial charge in [-0.2, -0.15) is 0 Å². The molecule has 2 rings (SSSR count). The van der Waals surface area contributed by atoms with E-state index in [0.29, 0.717) is 12.8 Å². The number of nitrogens with one attached hydrogen (secondary N) is 3. The summed E-state index contributed by atoms with van der Waals surface area (Å²) in [4.78, 5) is 106. The molecule has 0 spiro atoms. The molecule has 2 aliphatic heterocycles. The highest BCUT2D eigenvalue weighted by atomic mass is 16.4. The third kappa shape index (κ3) is 12.2. The topological polar surface area (TPSA) is 350 Å². The van der Waals surface area contributed by atoms with Crippen molar-refractivity contribution < 1.29 is 58.8 Å². The maximum absolute atomic E-state index is 13.7. The zero-order chi connectivity index (χ0) is 36.8. The SMILES string of the molecule is NC(N)=NCCC[C@H](NC(=O)[C@@H]1CCCN1C(=O)[C@H](CCC(=O)O)NC(=O)[C@@H]1CCCN1C(=O)[C@H](CO)NC(=O)[C@@H](N)CC(=O)O)C(=O)O. The van der Waals surface area contributed by atoms with Crippen molar-refractivity contribution in [1.29, 1.82) is 0 Å². The summed E-state index contributed by atoms with van der Waals surface area (Å²) in [6, 6.07) is -8.11. The number of carboxylic acid groups (broad SMARTS) is 3. The van der Waals surface area contributed by atoms with Gasteiger partial charge in [-0.1, -0.05) is 0 Å². The Morgan fingerprint density at radius 3 is 1.76 bits per heavy atom. The Balaban J connectivity index is 2.17. The summed E-state index contributed by atoms with van der Waals surface area (Å²) in [7, 11) is 0. The lowest BCUT2D eigenvalue weighted by Crippen LogP contribution is -2.59. The molecule has 0 aliphatic carbocycles. The van der Waals surface area contributed by atoms with Crippen molar-refractivity contribution in [3.05, 3.63) is 0 Å². The largest absolute Gasteiger partial charge is 0.481 e. The molecule has 0 saturated carbocycles. The van der Waals surface area contributed by atoms with Crippen LogP contribution in [0.4, 0.5) is 0 Å². The molecule has 0 aromatic heterocycles. The van der Waals surface area contributed by atoms with E-state index in [-0.39, 0.29) is 57.7 Å². The molecular weight excluding hydrogens is 654 g/mol. The molecule has 21 nitrogen and oxygen atoms in total. The van der Waals surface area contributed by atoms with Crippen molar-refractivity contribution in [2.24, 2.45) is 22.2 Å². The van der Waals surface area contributed by atoms with Gasteiger partial charge in [0.15, 0.2) is 5.96 Å². The lowest BCUT2D eigenvalue weighted by atomic mass is 10.1. The Kier molecular flexibility index (Phi) is 15.6. The number of amides is 5. The van der Waals surface area contributed by atoms with E-state index in [2.05, 4.69) is 20.9 Å². The summed E-state index contributed by atoms with van der Waals surface area (Å²) in [5, 5.41) is 44.6. The number of rotatable bonds is 19. The van der Waals surface area contributed by atoms with Gasteiger partial charge in [0.25, 0.3) is 0 Å². The minimum Gasteiger partial charge on any atom is -0.481 e. The van der Waals surface area contributed by atoms with Gasteiger partial charge in [-0.25, -0.2) is 4.79 Å². The van der Waals surface area contributed by atoms with Gasteiger partial charge in [0.2, 0.25) is 29.5 Å². The average Bonchev–Trinajstić information content (AvgIpc) is 3.72. The van der Waals surface area contributed by atoms with Crippen molar-refractivity contribution in [3.8, 4) is 0 Å². The van der Waals surface area contributed by atoms with E-state index in [0.717, 1.165) is 9.80 Å². The van der Waals surface area contributed by atoms with Gasteiger partial charge in [0, 0.05) is 26.1 Å². The normalized spacial score (nSPS) is 19.6. The van der Waals surface area contributed by atoms with E-state index in [1.165, 1.54) is 0 Å². The van der Waals surface area contributed by atoms with Gasteiger partial charge in [-0.05, 0) is 44.9 Å². The fourth-order valence-electron chi connectivity index (χ4n) is 5.57. The molecule has 2 fully saturated rings. The Morgan fingerprint density at radius 2 is 1.29 bits per heavy atom. The number of likely N-dealkylation sites (tertiary alicyclic amines) is 2. The quantitative estimate of drug-likeness (QED) is 0.0344. The summed E-state index contributed by atoms with van der Waals surface area (Å²) in [5.74, 6) is -8.37. The summed E-state index contributed by atoms with van der Waals surface area (Å²) < 4.78 is 0. The van der Waals surface area contributed by atoms with Crippen LogP contribution < -0.4 is 33.2 Å². The number of nitrogens with two attached hydrogens (primary N) is 3. The van der Waals surface area contributed by atoms with Crippen LogP contribution in [0.15, 0.2) is 4.99 Å². The predicted octanol–water partition coefficient (Wildman–Crippen LogP) is -4.78. The first-order valence-corrected chi connectivity index (χ1v) is 15.7. The molecule has 0 aromatic carbocycles. The van der Waals surface area contributed by atoms with Crippen molar-refractivity contribution >= 4 is 53.4 Å². The lowest BCUT2D eigenvalue weighted by Gasteiger charge is -2.32. The summed E-state index contributed by atoms with van der Waals surface area (Å²) in [6.07, 6.45) is -0.444. The van der Waals surface area contributed by atoms with Gasteiger partial charge in [0.1, 0.15) is 30.2 Å². The van der Waals surface area contributed by atoms with E-state index in [1.807, 2.05) is 0 Å². The third-order valence-corrected chi connectivity index (χ3v) is 8.03. The van der Waals surface area contributed by atoms with Gasteiger partial charge in [0.05, 0.1) is 19.1 Å². The van der Waals surface area contributed by atoms with Crippen molar-refractivity contribution in [2.75, 3.05) is 26.2 Å². The Hall–Kier alpha value is -5.05. The second-order valence-corrected chi connectivity index (χ2v) is 11.7. The van der Waals surface area contributed by atoms with Crippen LogP contribution >= 0.6 is 0 Å². The number of carbonyl (C=O) groups is 8. The van der Waals surface area contributed by atoms with Crippen LogP contribution in [-0.2, 0) is 38.4 Å². The van der Waals surface area contributed by atoms with E-state index < -0.39 is 103 Å². The first kappa shape index (κ1) is 40.1. The number of carboxylic acids is 3. The number of hydrogen-bond donors (Lipinski definition) is 10. The monoisotopic (exact) mass is 699 g/mol. The number of aliphatic hydroxyl groups excluding tert-OH is 1. The molecule has 2 heterocycles. The van der Waals surface area contributed by atoms with Crippen LogP contribution in [0.3, 0.4) is 0 Å². The molecule has 0 aromatic rings. The van der Waals surface area contributed by atoms with Crippen LogP contribution in [0.5, 0.6) is 0 Å². The standard InChI is InChI=1S/C28H45N9O12/c29-14(12-21(41)42)22(43)35-17(13-38)26(47)37-11-3-5-18(37)23(44)33-15(7-8-20(39)40)25(46)36-10-2-6-19(36)24(45)34-16(27(48)49)4-1-9-32-28(30)31/h14-19,38H,1-13,29H2,(H,33,44)(H,34,45)(H,35,43)(H,39,40)(H,41,42)(H,48,49)(H4,30,31,32)/t14-,15-,16-,17-,18-,19-/m0/s1. The zero-order valence-corrected chi connectivity index (χ0v) is 26.8. The minimum absolute atomic E-state index is 0.0115. The van der Waals surface area contributed by atoms with Crippen LogP contribution in [0.25, 0.3) is 0 Å². The molecule has 13 N–H and O–H groups in total. The Labute approximate surface area is 280 Å². The maximum atomic E-state index is 13.7. The molecular formula is C28H45N9O12. The third-order valence-electron chi connectivity index (χ3n) is 8.03. The van der Waals surface area contributed by atoms with Crippen LogP contribution in [-0.4, -0.2) is 146 Å². The Morgan fingerprint density at radius 1 is 0.755 bits per heavy atom. The molecule has 0 unspecified atom stereocenters. The first-order chi connectivity index (χ1) is 23.1. The number of nitrogens with zero attached hydrogens (tertiary/aromatic N) is 3. The second-order valence-electron chi connectivity index (χ2n) is 11.7. The predicted molar refractivity (Wildman–Crippen MR) is 167 cm³/mol. The molecule has 5 amide bonds. The Bertz CT molecular complexity index is 1290. The first-order valence-electron chi connectivity index (χ1n) is 15.7. The fraction of sp³-hybridized carbons (Fsp3) is 0.679. The van der Waals surface area contributed by atoms with E-state index in [1.54, 1.807) is 0 Å². The van der Waals surface area contributed by atoms with Crippen molar-refractivity contribution in [3.63, 3.8) is 0 Å². The van der Waals surface area contributed by atoms with E-state index in [9.17, 15) is 53.7 Å². The summed E-state index contributed by atoms with van der Waals surface area (Å²) in [5.41, 5.74) is 16.1. The fourth-order valence-corrected chi connectivity index (χ4v) is 5.57. The van der Waals surface area contributed by atoms with Crippen LogP contribution in [0, 0.1) is 0 Å². The molecule has 274 valence electrons. The maximum Gasteiger partial charge on any atom is 0.326 e. The van der Waals surface area contributed by atoms with Crippen molar-refractivity contribution in [2.45, 2.75) is 94.0 Å². The van der Waals surface area contributed by atoms with Crippen molar-refractivity contribution in [1.82, 2.24) is 25.8 Å². The van der Waals surface area contributed by atoms with Crippen LogP contribution in [0.2, 0.25) is 0 Å². The lowest BCUT2D eigenvalue weighted by molar-refractivity contribution is -0.146. The molecule has 2 saturated heterocycles. The highest BCUT2D eigenvalue weighted by Gasteiger charge is 2.42. The highest BCUT2D eigenvalue weighted by Crippen LogP contribution is 2.22. The van der Waals surface area contributed by atoms with Gasteiger partial charge in [-0.3, -0.25) is 38.6 Å². The molecule has 21 heteroatoms. The molecule has 0 radical (unpaired) electrons. The van der Waals surface area contributed by atoms with Gasteiger partial charge >= 0.3 is 17.9 Å². The minimum atomic E-state index is -1.56. The summed E-state index contributed by atoms with van der Waals surface area (Å²) in [6.45, 7) is -0.675. The molecule has 2 aliphatic rings.